The van der Waals surface area contributed by atoms with Crippen LogP contribution in [0.25, 0.3) is 5.82 Å². The summed E-state index contributed by atoms with van der Waals surface area (Å²) in [5.74, 6) is 1.59. The van der Waals surface area contributed by atoms with Crippen LogP contribution in [-0.2, 0) is 12.8 Å². The largest absolute Gasteiger partial charge is 0.495 e. The summed E-state index contributed by atoms with van der Waals surface area (Å²) >= 11 is 0. The zero-order chi connectivity index (χ0) is 12.3. The van der Waals surface area contributed by atoms with Gasteiger partial charge >= 0.3 is 0 Å². The maximum Gasteiger partial charge on any atom is 0.153 e. The molecular formula is C13H17N3O. The van der Waals surface area contributed by atoms with Crippen LogP contribution in [-0.4, -0.2) is 21.9 Å². The Morgan fingerprint density at radius 3 is 2.59 bits per heavy atom. The van der Waals surface area contributed by atoms with Crippen molar-refractivity contribution in [1.82, 2.24) is 14.8 Å². The van der Waals surface area contributed by atoms with E-state index >= 15 is 0 Å². The fourth-order valence-electron chi connectivity index (χ4n) is 1.72. The fraction of sp³-hybridized carbons (Fsp3) is 0.385. The first-order chi connectivity index (χ1) is 8.28. The summed E-state index contributed by atoms with van der Waals surface area (Å²) in [5.41, 5.74) is 2.28. The maximum absolute atomic E-state index is 5.10. The van der Waals surface area contributed by atoms with E-state index in [9.17, 15) is 0 Å². The number of methoxy groups -OCH3 is 1. The lowest BCUT2D eigenvalue weighted by Crippen LogP contribution is -2.03. The van der Waals surface area contributed by atoms with Gasteiger partial charge in [-0.1, -0.05) is 13.8 Å². The topological polar surface area (TPSA) is 39.9 Å². The van der Waals surface area contributed by atoms with Crippen molar-refractivity contribution in [2.24, 2.45) is 0 Å². The van der Waals surface area contributed by atoms with Crippen molar-refractivity contribution in [2.45, 2.75) is 26.7 Å². The number of pyridine rings is 1. The quantitative estimate of drug-likeness (QED) is 0.811. The Morgan fingerprint density at radius 1 is 1.24 bits per heavy atom. The molecule has 0 fully saturated rings. The summed E-state index contributed by atoms with van der Waals surface area (Å²) in [5, 5.41) is 4.54. The van der Waals surface area contributed by atoms with E-state index in [-0.39, 0.29) is 0 Å². The highest BCUT2D eigenvalue weighted by Crippen LogP contribution is 2.15. The van der Waals surface area contributed by atoms with Crippen LogP contribution < -0.4 is 4.74 Å². The number of hydrogen-bond donors (Lipinski definition) is 0. The Morgan fingerprint density at radius 2 is 2.06 bits per heavy atom. The third-order valence-corrected chi connectivity index (χ3v) is 2.73. The molecule has 0 aliphatic heterocycles. The molecule has 0 saturated heterocycles. The molecule has 17 heavy (non-hydrogen) atoms. The zero-order valence-corrected chi connectivity index (χ0v) is 10.5. The van der Waals surface area contributed by atoms with Crippen molar-refractivity contribution in [2.75, 3.05) is 7.11 Å². The van der Waals surface area contributed by atoms with E-state index in [0.29, 0.717) is 0 Å². The third kappa shape index (κ3) is 2.30. The lowest BCUT2D eigenvalue weighted by Gasteiger charge is -2.05. The molecule has 0 amide bonds. The predicted octanol–water partition coefficient (Wildman–Crippen LogP) is 2.40. The van der Waals surface area contributed by atoms with E-state index in [4.69, 9.17) is 4.74 Å². The van der Waals surface area contributed by atoms with Crippen molar-refractivity contribution in [3.05, 3.63) is 35.8 Å². The second-order valence-corrected chi connectivity index (χ2v) is 3.80. The lowest BCUT2D eigenvalue weighted by molar-refractivity contribution is 0.412. The van der Waals surface area contributed by atoms with Gasteiger partial charge in [-0.25, -0.2) is 9.67 Å². The number of ether oxygens (including phenoxy) is 1. The highest BCUT2D eigenvalue weighted by atomic mass is 16.5. The van der Waals surface area contributed by atoms with Crippen molar-refractivity contribution < 1.29 is 4.74 Å². The van der Waals surface area contributed by atoms with Crippen LogP contribution in [0.1, 0.15) is 25.2 Å². The van der Waals surface area contributed by atoms with Gasteiger partial charge in [0.15, 0.2) is 5.82 Å². The normalized spacial score (nSPS) is 10.5. The summed E-state index contributed by atoms with van der Waals surface area (Å²) in [6, 6.07) is 5.95. The van der Waals surface area contributed by atoms with Gasteiger partial charge in [-0.05, 0) is 31.0 Å². The Balaban J connectivity index is 2.40. The molecule has 0 unspecified atom stereocenters. The van der Waals surface area contributed by atoms with Crippen molar-refractivity contribution in [3.63, 3.8) is 0 Å². The fourth-order valence-corrected chi connectivity index (χ4v) is 1.72. The van der Waals surface area contributed by atoms with Crippen LogP contribution in [0.3, 0.4) is 0 Å². The van der Waals surface area contributed by atoms with Gasteiger partial charge in [0.1, 0.15) is 5.75 Å². The summed E-state index contributed by atoms with van der Waals surface area (Å²) in [7, 11) is 1.64. The molecule has 2 heterocycles. The first kappa shape index (κ1) is 11.6. The molecule has 0 radical (unpaired) electrons. The van der Waals surface area contributed by atoms with Gasteiger partial charge < -0.3 is 4.74 Å². The molecule has 2 aromatic heterocycles. The molecule has 0 N–H and O–H groups in total. The van der Waals surface area contributed by atoms with E-state index in [2.05, 4.69) is 30.0 Å². The van der Waals surface area contributed by atoms with Crippen molar-refractivity contribution in [3.8, 4) is 11.6 Å². The van der Waals surface area contributed by atoms with Gasteiger partial charge in [-0.3, -0.25) is 0 Å². The van der Waals surface area contributed by atoms with E-state index in [0.717, 1.165) is 30.1 Å². The molecule has 0 aliphatic rings. The first-order valence-electron chi connectivity index (χ1n) is 5.86. The van der Waals surface area contributed by atoms with Crippen LogP contribution in [0.15, 0.2) is 24.4 Å². The summed E-state index contributed by atoms with van der Waals surface area (Å²) in [6.45, 7) is 4.23. The molecule has 2 rings (SSSR count). The van der Waals surface area contributed by atoms with Crippen molar-refractivity contribution >= 4 is 0 Å². The van der Waals surface area contributed by atoms with Gasteiger partial charge in [0.2, 0.25) is 0 Å². The molecule has 2 aromatic rings. The first-order valence-corrected chi connectivity index (χ1v) is 5.86. The Kier molecular flexibility index (Phi) is 3.42. The monoisotopic (exact) mass is 231 g/mol. The number of nitrogens with zero attached hydrogens (tertiary/aromatic N) is 3. The Hall–Kier alpha value is -1.84. The highest BCUT2D eigenvalue weighted by Gasteiger charge is 2.08. The van der Waals surface area contributed by atoms with E-state index in [1.165, 1.54) is 5.69 Å². The molecule has 0 bridgehead atoms. The average Bonchev–Trinajstić information content (AvgIpc) is 2.82. The van der Waals surface area contributed by atoms with Crippen LogP contribution in [0.4, 0.5) is 0 Å². The molecule has 0 aliphatic carbocycles. The van der Waals surface area contributed by atoms with E-state index in [1.54, 1.807) is 13.3 Å². The molecule has 0 saturated carbocycles. The number of aryl methyl sites for hydroxylation is 2. The molecular weight excluding hydrogens is 214 g/mol. The van der Waals surface area contributed by atoms with Crippen LogP contribution in [0.2, 0.25) is 0 Å². The van der Waals surface area contributed by atoms with Crippen LogP contribution >= 0.6 is 0 Å². The van der Waals surface area contributed by atoms with Gasteiger partial charge in [-0.2, -0.15) is 5.10 Å². The molecule has 0 atom stereocenters. The number of hydrogen-bond acceptors (Lipinski definition) is 3. The second kappa shape index (κ2) is 4.99. The van der Waals surface area contributed by atoms with Gasteiger partial charge in [0.05, 0.1) is 19.0 Å². The minimum atomic E-state index is 0.759. The summed E-state index contributed by atoms with van der Waals surface area (Å²) < 4.78 is 7.00. The van der Waals surface area contributed by atoms with Crippen LogP contribution in [0, 0.1) is 0 Å². The molecule has 0 spiro atoms. The Labute approximate surface area is 101 Å². The van der Waals surface area contributed by atoms with Gasteiger partial charge in [-0.15, -0.1) is 0 Å². The molecule has 4 heteroatoms. The van der Waals surface area contributed by atoms with E-state index < -0.39 is 0 Å². The average molecular weight is 231 g/mol. The smallest absolute Gasteiger partial charge is 0.153 e. The summed E-state index contributed by atoms with van der Waals surface area (Å²) in [6.07, 6.45) is 3.60. The molecule has 0 aromatic carbocycles. The Bertz CT molecular complexity index is 488. The maximum atomic E-state index is 5.10. The standard InChI is InChI=1S/C13H17N3O/c1-4-10-8-11(5-2)16(15-10)13-7-6-12(17-3)9-14-13/h6-9H,4-5H2,1-3H3. The second-order valence-electron chi connectivity index (χ2n) is 3.80. The minimum Gasteiger partial charge on any atom is -0.495 e. The number of rotatable bonds is 4. The van der Waals surface area contributed by atoms with E-state index in [1.807, 2.05) is 16.8 Å². The van der Waals surface area contributed by atoms with Crippen molar-refractivity contribution in [1.29, 1.82) is 0 Å². The zero-order valence-electron chi connectivity index (χ0n) is 10.5. The minimum absolute atomic E-state index is 0.759. The number of aromatic nitrogens is 3. The molecule has 4 nitrogen and oxygen atoms in total. The predicted molar refractivity (Wildman–Crippen MR) is 66.7 cm³/mol. The SMILES string of the molecule is CCc1cc(CC)n(-c2ccc(OC)cn2)n1. The van der Waals surface area contributed by atoms with Crippen LogP contribution in [0.5, 0.6) is 5.75 Å². The lowest BCUT2D eigenvalue weighted by atomic mass is 10.2. The van der Waals surface area contributed by atoms with Gasteiger partial charge in [0, 0.05) is 5.69 Å². The molecule has 90 valence electrons. The third-order valence-electron chi connectivity index (χ3n) is 2.73. The summed E-state index contributed by atoms with van der Waals surface area (Å²) in [4.78, 5) is 4.35. The highest BCUT2D eigenvalue weighted by molar-refractivity contribution is 5.30. The van der Waals surface area contributed by atoms with Gasteiger partial charge in [0.25, 0.3) is 0 Å².